The van der Waals surface area contributed by atoms with Gasteiger partial charge in [0.15, 0.2) is 0 Å². The van der Waals surface area contributed by atoms with E-state index in [1.165, 1.54) is 0 Å². The van der Waals surface area contributed by atoms with Gasteiger partial charge in [0, 0.05) is 31.3 Å². The van der Waals surface area contributed by atoms with E-state index < -0.39 is 0 Å². The summed E-state index contributed by atoms with van der Waals surface area (Å²) in [6.07, 6.45) is 1.91. The van der Waals surface area contributed by atoms with Crippen LogP contribution in [-0.4, -0.2) is 43.7 Å². The van der Waals surface area contributed by atoms with E-state index in [0.717, 1.165) is 44.6 Å². The fourth-order valence-electron chi connectivity index (χ4n) is 3.15. The first-order chi connectivity index (χ1) is 10.3. The van der Waals surface area contributed by atoms with Gasteiger partial charge >= 0.3 is 0 Å². The smallest absolute Gasteiger partial charge is 0.228 e. The molecule has 0 aliphatic carbocycles. The first kappa shape index (κ1) is 14.8. The third-order valence-electron chi connectivity index (χ3n) is 4.27. The van der Waals surface area contributed by atoms with Gasteiger partial charge in [0.2, 0.25) is 5.91 Å². The van der Waals surface area contributed by atoms with Crippen LogP contribution in [0, 0.1) is 5.92 Å². The van der Waals surface area contributed by atoms with Crippen LogP contribution in [0.5, 0.6) is 0 Å². The maximum atomic E-state index is 12.8. The van der Waals surface area contributed by atoms with E-state index in [4.69, 9.17) is 16.3 Å². The molecule has 1 N–H and O–H groups in total. The summed E-state index contributed by atoms with van der Waals surface area (Å²) in [7, 11) is 0. The maximum absolute atomic E-state index is 12.8. The van der Waals surface area contributed by atoms with Crippen LogP contribution in [0.2, 0.25) is 5.02 Å². The lowest BCUT2D eigenvalue weighted by molar-refractivity contribution is -0.143. The molecule has 2 heterocycles. The molecule has 21 heavy (non-hydrogen) atoms. The highest BCUT2D eigenvalue weighted by Gasteiger charge is 2.33. The predicted octanol–water partition coefficient (Wildman–Crippen LogP) is 2.24. The van der Waals surface area contributed by atoms with E-state index >= 15 is 0 Å². The first-order valence-corrected chi connectivity index (χ1v) is 7.98. The van der Waals surface area contributed by atoms with Crippen molar-refractivity contribution < 1.29 is 9.53 Å². The number of hydrogen-bond acceptors (Lipinski definition) is 3. The molecular formula is C16H21ClN2O2. The fourth-order valence-corrected chi connectivity index (χ4v) is 3.35. The summed E-state index contributed by atoms with van der Waals surface area (Å²) in [5, 5.41) is 4.09. The summed E-state index contributed by atoms with van der Waals surface area (Å²) in [4.78, 5) is 14.8. The highest BCUT2D eigenvalue weighted by molar-refractivity contribution is 6.30. The second-order valence-electron chi connectivity index (χ2n) is 5.72. The zero-order valence-electron chi connectivity index (χ0n) is 12.1. The SMILES string of the molecule is O=C(C1CCCOC1)N1CCNCC1c1cccc(Cl)c1. The van der Waals surface area contributed by atoms with Crippen LogP contribution in [-0.2, 0) is 9.53 Å². The number of benzene rings is 1. The van der Waals surface area contributed by atoms with E-state index in [1.807, 2.05) is 29.2 Å². The largest absolute Gasteiger partial charge is 0.381 e. The Balaban J connectivity index is 1.79. The number of rotatable bonds is 2. The number of nitrogens with one attached hydrogen (secondary N) is 1. The number of nitrogens with zero attached hydrogens (tertiary/aromatic N) is 1. The van der Waals surface area contributed by atoms with Gasteiger partial charge in [-0.3, -0.25) is 4.79 Å². The van der Waals surface area contributed by atoms with Crippen molar-refractivity contribution in [2.75, 3.05) is 32.8 Å². The van der Waals surface area contributed by atoms with Crippen molar-refractivity contribution in [3.8, 4) is 0 Å². The Labute approximate surface area is 130 Å². The van der Waals surface area contributed by atoms with Crippen LogP contribution in [0.4, 0.5) is 0 Å². The number of ether oxygens (including phenoxy) is 1. The summed E-state index contributed by atoms with van der Waals surface area (Å²) >= 11 is 6.10. The maximum Gasteiger partial charge on any atom is 0.228 e. The molecule has 2 unspecified atom stereocenters. The third kappa shape index (κ3) is 3.39. The Bertz CT molecular complexity index is 503. The third-order valence-corrected chi connectivity index (χ3v) is 4.50. The van der Waals surface area contributed by atoms with Crippen LogP contribution in [0.15, 0.2) is 24.3 Å². The Morgan fingerprint density at radius 2 is 2.33 bits per heavy atom. The van der Waals surface area contributed by atoms with E-state index in [-0.39, 0.29) is 17.9 Å². The zero-order valence-corrected chi connectivity index (χ0v) is 12.8. The van der Waals surface area contributed by atoms with E-state index in [0.29, 0.717) is 11.6 Å². The van der Waals surface area contributed by atoms with Crippen molar-refractivity contribution in [1.29, 1.82) is 0 Å². The normalized spacial score (nSPS) is 26.6. The van der Waals surface area contributed by atoms with Gasteiger partial charge in [-0.05, 0) is 30.5 Å². The Hall–Kier alpha value is -1.10. The Morgan fingerprint density at radius 3 is 3.10 bits per heavy atom. The van der Waals surface area contributed by atoms with Gasteiger partial charge in [0.25, 0.3) is 0 Å². The highest BCUT2D eigenvalue weighted by atomic mass is 35.5. The summed E-state index contributed by atoms with van der Waals surface area (Å²) < 4.78 is 5.47. The molecule has 0 aromatic heterocycles. The molecule has 1 amide bonds. The summed E-state index contributed by atoms with van der Waals surface area (Å²) in [6.45, 7) is 3.71. The van der Waals surface area contributed by atoms with Crippen LogP contribution in [0.3, 0.4) is 0 Å². The van der Waals surface area contributed by atoms with Gasteiger partial charge in [0.1, 0.15) is 0 Å². The average molecular weight is 309 g/mol. The lowest BCUT2D eigenvalue weighted by atomic mass is 9.97. The molecule has 1 aromatic rings. The molecule has 0 bridgehead atoms. The summed E-state index contributed by atoms with van der Waals surface area (Å²) in [6, 6.07) is 7.87. The topological polar surface area (TPSA) is 41.6 Å². The summed E-state index contributed by atoms with van der Waals surface area (Å²) in [5.74, 6) is 0.236. The van der Waals surface area contributed by atoms with Crippen LogP contribution < -0.4 is 5.32 Å². The average Bonchev–Trinajstić information content (AvgIpc) is 2.55. The molecular weight excluding hydrogens is 288 g/mol. The van der Waals surface area contributed by atoms with Crippen molar-refractivity contribution in [3.05, 3.63) is 34.9 Å². The quantitative estimate of drug-likeness (QED) is 0.911. The van der Waals surface area contributed by atoms with Crippen LogP contribution in [0.1, 0.15) is 24.4 Å². The van der Waals surface area contributed by atoms with Gasteiger partial charge in [-0.2, -0.15) is 0 Å². The van der Waals surface area contributed by atoms with Gasteiger partial charge in [0.05, 0.1) is 18.6 Å². The van der Waals surface area contributed by atoms with E-state index in [9.17, 15) is 4.79 Å². The van der Waals surface area contributed by atoms with Gasteiger partial charge < -0.3 is 15.0 Å². The standard InChI is InChI=1S/C16H21ClN2O2/c17-14-5-1-3-12(9-14)15-10-18-6-7-19(15)16(20)13-4-2-8-21-11-13/h1,3,5,9,13,15,18H,2,4,6-8,10-11H2. The molecule has 3 rings (SSSR count). The minimum atomic E-state index is 0.0125. The first-order valence-electron chi connectivity index (χ1n) is 7.60. The molecule has 1 aromatic carbocycles. The van der Waals surface area contributed by atoms with Crippen LogP contribution >= 0.6 is 11.6 Å². The molecule has 2 saturated heterocycles. The van der Waals surface area contributed by atoms with Gasteiger partial charge in [-0.25, -0.2) is 0 Å². The van der Waals surface area contributed by atoms with Crippen molar-refractivity contribution >= 4 is 17.5 Å². The predicted molar refractivity (Wildman–Crippen MR) is 82.3 cm³/mol. The molecule has 2 aliphatic rings. The lowest BCUT2D eigenvalue weighted by Gasteiger charge is -2.39. The molecule has 2 atom stereocenters. The minimum absolute atomic E-state index is 0.0125. The number of carbonyl (C=O) groups excluding carboxylic acids is 1. The Morgan fingerprint density at radius 1 is 1.43 bits per heavy atom. The minimum Gasteiger partial charge on any atom is -0.381 e. The molecule has 0 saturated carbocycles. The second-order valence-corrected chi connectivity index (χ2v) is 6.16. The number of carbonyl (C=O) groups is 1. The second kappa shape index (κ2) is 6.77. The van der Waals surface area contributed by atoms with Crippen molar-refractivity contribution in [2.24, 2.45) is 5.92 Å². The Kier molecular flexibility index (Phi) is 4.78. The molecule has 0 spiro atoms. The molecule has 4 nitrogen and oxygen atoms in total. The van der Waals surface area contributed by atoms with Gasteiger partial charge in [-0.1, -0.05) is 23.7 Å². The molecule has 114 valence electrons. The zero-order chi connectivity index (χ0) is 14.7. The summed E-state index contributed by atoms with van der Waals surface area (Å²) in [5.41, 5.74) is 1.10. The molecule has 2 aliphatic heterocycles. The number of halogens is 1. The number of piperazine rings is 1. The van der Waals surface area contributed by atoms with Gasteiger partial charge in [-0.15, -0.1) is 0 Å². The molecule has 2 fully saturated rings. The van der Waals surface area contributed by atoms with Crippen molar-refractivity contribution in [3.63, 3.8) is 0 Å². The fraction of sp³-hybridized carbons (Fsp3) is 0.562. The highest BCUT2D eigenvalue weighted by Crippen LogP contribution is 2.27. The molecule has 5 heteroatoms. The number of amides is 1. The number of hydrogen-bond donors (Lipinski definition) is 1. The van der Waals surface area contributed by atoms with E-state index in [1.54, 1.807) is 0 Å². The monoisotopic (exact) mass is 308 g/mol. The van der Waals surface area contributed by atoms with Crippen molar-refractivity contribution in [1.82, 2.24) is 10.2 Å². The lowest BCUT2D eigenvalue weighted by Crippen LogP contribution is -2.51. The van der Waals surface area contributed by atoms with E-state index in [2.05, 4.69) is 5.32 Å². The van der Waals surface area contributed by atoms with Crippen LogP contribution in [0.25, 0.3) is 0 Å². The van der Waals surface area contributed by atoms with Crippen molar-refractivity contribution in [2.45, 2.75) is 18.9 Å². The molecule has 0 radical (unpaired) electrons.